The Balaban J connectivity index is 1.91. The Kier molecular flexibility index (Phi) is 4.39. The number of amides is 1. The van der Waals surface area contributed by atoms with Crippen molar-refractivity contribution >= 4 is 23.2 Å². The minimum Gasteiger partial charge on any atom is -0.326 e. The highest BCUT2D eigenvalue weighted by molar-refractivity contribution is 6.30. The van der Waals surface area contributed by atoms with Crippen LogP contribution in [-0.4, -0.2) is 36.5 Å². The molecule has 19 heavy (non-hydrogen) atoms. The van der Waals surface area contributed by atoms with E-state index in [4.69, 9.17) is 17.3 Å². The van der Waals surface area contributed by atoms with E-state index in [0.29, 0.717) is 17.5 Å². The van der Waals surface area contributed by atoms with Crippen molar-refractivity contribution in [3.05, 3.63) is 29.0 Å². The normalized spacial score (nSPS) is 23.6. The number of rotatable bonds is 3. The first-order valence-electron chi connectivity index (χ1n) is 6.18. The Morgan fingerprint density at radius 3 is 2.89 bits per heavy atom. The molecule has 6 heteroatoms. The van der Waals surface area contributed by atoms with E-state index < -0.39 is 5.82 Å². The quantitative estimate of drug-likeness (QED) is 0.889. The van der Waals surface area contributed by atoms with Gasteiger partial charge in [-0.1, -0.05) is 18.5 Å². The number of nitrogens with one attached hydrogen (secondary N) is 1. The summed E-state index contributed by atoms with van der Waals surface area (Å²) in [6.07, 6.45) is 0. The topological polar surface area (TPSA) is 58.4 Å². The fraction of sp³-hybridized carbons (Fsp3) is 0.462. The van der Waals surface area contributed by atoms with Crippen LogP contribution in [0.5, 0.6) is 0 Å². The third kappa shape index (κ3) is 3.65. The molecule has 1 aliphatic rings. The van der Waals surface area contributed by atoms with Crippen molar-refractivity contribution in [3.63, 3.8) is 0 Å². The molecule has 0 radical (unpaired) electrons. The molecule has 1 fully saturated rings. The van der Waals surface area contributed by atoms with Crippen LogP contribution >= 0.6 is 11.6 Å². The second-order valence-electron chi connectivity index (χ2n) is 5.01. The summed E-state index contributed by atoms with van der Waals surface area (Å²) in [5, 5.41) is 2.84. The van der Waals surface area contributed by atoms with Crippen LogP contribution in [0.25, 0.3) is 0 Å². The maximum Gasteiger partial charge on any atom is 0.238 e. The van der Waals surface area contributed by atoms with Gasteiger partial charge in [0.05, 0.1) is 12.2 Å². The van der Waals surface area contributed by atoms with Crippen LogP contribution in [0.3, 0.4) is 0 Å². The Morgan fingerprint density at radius 1 is 1.58 bits per heavy atom. The average molecular weight is 286 g/mol. The summed E-state index contributed by atoms with van der Waals surface area (Å²) in [4.78, 5) is 13.8. The summed E-state index contributed by atoms with van der Waals surface area (Å²) < 4.78 is 13.5. The molecule has 0 aromatic heterocycles. The van der Waals surface area contributed by atoms with Gasteiger partial charge in [-0.25, -0.2) is 4.39 Å². The molecule has 2 rings (SSSR count). The van der Waals surface area contributed by atoms with Gasteiger partial charge in [-0.3, -0.25) is 9.69 Å². The predicted molar refractivity (Wildman–Crippen MR) is 73.6 cm³/mol. The van der Waals surface area contributed by atoms with Crippen molar-refractivity contribution in [1.82, 2.24) is 4.90 Å². The Hall–Kier alpha value is -1.17. The van der Waals surface area contributed by atoms with Gasteiger partial charge in [-0.05, 0) is 24.1 Å². The molecule has 0 spiro atoms. The lowest BCUT2D eigenvalue weighted by atomic mass is 10.1. The Labute approximate surface area is 116 Å². The van der Waals surface area contributed by atoms with E-state index in [2.05, 4.69) is 12.2 Å². The van der Waals surface area contributed by atoms with Gasteiger partial charge in [-0.15, -0.1) is 0 Å². The van der Waals surface area contributed by atoms with Gasteiger partial charge >= 0.3 is 0 Å². The van der Waals surface area contributed by atoms with Crippen molar-refractivity contribution in [2.75, 3.05) is 25.0 Å². The van der Waals surface area contributed by atoms with Crippen LogP contribution in [0.2, 0.25) is 5.02 Å². The summed E-state index contributed by atoms with van der Waals surface area (Å²) in [7, 11) is 0. The van der Waals surface area contributed by atoms with Gasteiger partial charge in [0.1, 0.15) is 5.82 Å². The van der Waals surface area contributed by atoms with Gasteiger partial charge in [0.25, 0.3) is 0 Å². The summed E-state index contributed by atoms with van der Waals surface area (Å²) in [5.41, 5.74) is 6.03. The molecule has 0 saturated carbocycles. The number of halogens is 2. The van der Waals surface area contributed by atoms with E-state index in [1.165, 1.54) is 18.2 Å². The van der Waals surface area contributed by atoms with Crippen LogP contribution in [-0.2, 0) is 4.79 Å². The zero-order valence-electron chi connectivity index (χ0n) is 10.7. The second-order valence-corrected chi connectivity index (χ2v) is 5.44. The largest absolute Gasteiger partial charge is 0.326 e. The van der Waals surface area contributed by atoms with Gasteiger partial charge < -0.3 is 11.1 Å². The zero-order chi connectivity index (χ0) is 14.0. The minimum absolute atomic E-state index is 0.0973. The lowest BCUT2D eigenvalue weighted by molar-refractivity contribution is -0.117. The smallest absolute Gasteiger partial charge is 0.238 e. The summed E-state index contributed by atoms with van der Waals surface area (Å²) >= 11 is 5.65. The zero-order valence-corrected chi connectivity index (χ0v) is 11.5. The molecular formula is C13H17ClFN3O. The average Bonchev–Trinajstić information content (AvgIpc) is 2.62. The first kappa shape index (κ1) is 14.2. The maximum atomic E-state index is 13.5. The SMILES string of the molecule is CC1CN(CC(=O)Nc2ccc(Cl)cc2F)CC1N. The fourth-order valence-electron chi connectivity index (χ4n) is 2.21. The van der Waals surface area contributed by atoms with Crippen molar-refractivity contribution in [2.45, 2.75) is 13.0 Å². The standard InChI is InChI=1S/C13H17ClFN3O/c1-8-5-18(6-11(8)16)7-13(19)17-12-3-2-9(14)4-10(12)15/h2-4,8,11H,5-7,16H2,1H3,(H,17,19). The fourth-order valence-corrected chi connectivity index (χ4v) is 2.37. The number of nitrogens with two attached hydrogens (primary N) is 1. The molecule has 2 unspecified atom stereocenters. The second kappa shape index (κ2) is 5.86. The third-order valence-electron chi connectivity index (χ3n) is 3.32. The van der Waals surface area contributed by atoms with Gasteiger partial charge in [0, 0.05) is 24.2 Å². The minimum atomic E-state index is -0.535. The van der Waals surface area contributed by atoms with E-state index >= 15 is 0 Å². The summed E-state index contributed by atoms with van der Waals surface area (Å²) in [6, 6.07) is 4.26. The van der Waals surface area contributed by atoms with Crippen LogP contribution in [0.15, 0.2) is 18.2 Å². The lowest BCUT2D eigenvalue weighted by Crippen LogP contribution is -2.33. The first-order valence-corrected chi connectivity index (χ1v) is 6.56. The number of benzene rings is 1. The molecule has 3 N–H and O–H groups in total. The van der Waals surface area contributed by atoms with Crippen LogP contribution < -0.4 is 11.1 Å². The van der Waals surface area contributed by atoms with Gasteiger partial charge in [-0.2, -0.15) is 0 Å². The molecule has 1 aromatic rings. The molecular weight excluding hydrogens is 269 g/mol. The van der Waals surface area contributed by atoms with Crippen LogP contribution in [0.4, 0.5) is 10.1 Å². The highest BCUT2D eigenvalue weighted by Gasteiger charge is 2.27. The van der Waals surface area contributed by atoms with E-state index in [1.807, 2.05) is 4.90 Å². The molecule has 2 atom stereocenters. The first-order chi connectivity index (χ1) is 8.95. The number of nitrogens with zero attached hydrogens (tertiary/aromatic N) is 1. The van der Waals surface area contributed by atoms with E-state index in [9.17, 15) is 9.18 Å². The molecule has 4 nitrogen and oxygen atoms in total. The van der Waals surface area contributed by atoms with Crippen molar-refractivity contribution in [1.29, 1.82) is 0 Å². The number of hydrogen-bond donors (Lipinski definition) is 2. The molecule has 1 saturated heterocycles. The number of hydrogen-bond acceptors (Lipinski definition) is 3. The van der Waals surface area contributed by atoms with Crippen molar-refractivity contribution in [3.8, 4) is 0 Å². The number of likely N-dealkylation sites (tertiary alicyclic amines) is 1. The predicted octanol–water partition coefficient (Wildman–Crippen LogP) is 1.70. The number of carbonyl (C=O) groups is 1. The molecule has 104 valence electrons. The van der Waals surface area contributed by atoms with Crippen LogP contribution in [0, 0.1) is 11.7 Å². The maximum absolute atomic E-state index is 13.5. The number of carbonyl (C=O) groups excluding carboxylic acids is 1. The summed E-state index contributed by atoms with van der Waals surface area (Å²) in [6.45, 7) is 3.76. The van der Waals surface area contributed by atoms with Crippen molar-refractivity contribution < 1.29 is 9.18 Å². The molecule has 1 aromatic carbocycles. The molecule has 1 aliphatic heterocycles. The lowest BCUT2D eigenvalue weighted by Gasteiger charge is -2.15. The van der Waals surface area contributed by atoms with E-state index in [-0.39, 0.29) is 24.2 Å². The Morgan fingerprint density at radius 2 is 2.32 bits per heavy atom. The highest BCUT2D eigenvalue weighted by atomic mass is 35.5. The highest BCUT2D eigenvalue weighted by Crippen LogP contribution is 2.19. The molecule has 1 heterocycles. The monoisotopic (exact) mass is 285 g/mol. The molecule has 0 bridgehead atoms. The Bertz CT molecular complexity index is 473. The van der Waals surface area contributed by atoms with E-state index in [0.717, 1.165) is 6.54 Å². The van der Waals surface area contributed by atoms with Crippen molar-refractivity contribution in [2.24, 2.45) is 11.7 Å². The molecule has 1 amide bonds. The molecule has 0 aliphatic carbocycles. The summed E-state index contributed by atoms with van der Waals surface area (Å²) in [5.74, 6) is -0.407. The van der Waals surface area contributed by atoms with Gasteiger partial charge in [0.15, 0.2) is 0 Å². The van der Waals surface area contributed by atoms with E-state index in [1.54, 1.807) is 0 Å². The van der Waals surface area contributed by atoms with Crippen LogP contribution in [0.1, 0.15) is 6.92 Å². The number of anilines is 1. The van der Waals surface area contributed by atoms with Gasteiger partial charge in [0.2, 0.25) is 5.91 Å². The third-order valence-corrected chi connectivity index (χ3v) is 3.55.